The van der Waals surface area contributed by atoms with Gasteiger partial charge in [0.1, 0.15) is 0 Å². The summed E-state index contributed by atoms with van der Waals surface area (Å²) < 4.78 is 0. The van der Waals surface area contributed by atoms with E-state index in [-0.39, 0.29) is 5.91 Å². The van der Waals surface area contributed by atoms with E-state index in [4.69, 9.17) is 5.73 Å². The van der Waals surface area contributed by atoms with Gasteiger partial charge in [0.25, 0.3) is 5.91 Å². The van der Waals surface area contributed by atoms with Crippen LogP contribution in [0.15, 0.2) is 29.4 Å². The van der Waals surface area contributed by atoms with Crippen LogP contribution in [0.25, 0.3) is 0 Å². The monoisotopic (exact) mass is 247 g/mol. The minimum atomic E-state index is -0.209. The van der Waals surface area contributed by atoms with Crippen LogP contribution >= 0.6 is 0 Å². The number of benzene rings is 1. The summed E-state index contributed by atoms with van der Waals surface area (Å²) in [5, 5.41) is 4.08. The standard InChI is InChI=1S/C14H21N3O/c1-10(2)4-5-11(3)16-17-14(18)12-6-8-13(15)9-7-12/h6-10H,4-5,15H2,1-3H3,(H,17,18). The second-order valence-electron chi connectivity index (χ2n) is 4.84. The first kappa shape index (κ1) is 14.2. The van der Waals surface area contributed by atoms with Gasteiger partial charge < -0.3 is 5.73 Å². The van der Waals surface area contributed by atoms with Gasteiger partial charge in [0.15, 0.2) is 0 Å². The first-order chi connectivity index (χ1) is 8.49. The van der Waals surface area contributed by atoms with Gasteiger partial charge in [0.2, 0.25) is 0 Å². The highest BCUT2D eigenvalue weighted by atomic mass is 16.2. The second-order valence-corrected chi connectivity index (χ2v) is 4.84. The molecule has 3 N–H and O–H groups in total. The van der Waals surface area contributed by atoms with Crippen molar-refractivity contribution in [1.82, 2.24) is 5.43 Å². The Morgan fingerprint density at radius 1 is 1.33 bits per heavy atom. The third-order valence-corrected chi connectivity index (χ3v) is 2.60. The Morgan fingerprint density at radius 2 is 1.94 bits per heavy atom. The average molecular weight is 247 g/mol. The Balaban J connectivity index is 2.49. The Bertz CT molecular complexity index is 421. The smallest absolute Gasteiger partial charge is 0.271 e. The van der Waals surface area contributed by atoms with Gasteiger partial charge in [-0.2, -0.15) is 5.10 Å². The molecule has 1 rings (SSSR count). The molecule has 1 aromatic carbocycles. The topological polar surface area (TPSA) is 67.5 Å². The molecular formula is C14H21N3O. The molecule has 0 aliphatic carbocycles. The number of nitrogen functional groups attached to an aromatic ring is 1. The van der Waals surface area contributed by atoms with Gasteiger partial charge in [-0.3, -0.25) is 4.79 Å². The quantitative estimate of drug-likeness (QED) is 0.477. The Labute approximate surface area is 108 Å². The largest absolute Gasteiger partial charge is 0.399 e. The van der Waals surface area contributed by atoms with Crippen LogP contribution in [0.2, 0.25) is 0 Å². The molecule has 0 bridgehead atoms. The maximum Gasteiger partial charge on any atom is 0.271 e. The molecule has 0 fully saturated rings. The Kier molecular flexibility index (Phi) is 5.36. The number of rotatable bonds is 5. The number of nitrogens with one attached hydrogen (secondary N) is 1. The van der Waals surface area contributed by atoms with Gasteiger partial charge in [-0.25, -0.2) is 5.43 Å². The molecule has 4 nitrogen and oxygen atoms in total. The van der Waals surface area contributed by atoms with E-state index in [0.29, 0.717) is 17.2 Å². The Morgan fingerprint density at radius 3 is 2.50 bits per heavy atom. The fourth-order valence-corrected chi connectivity index (χ4v) is 1.40. The molecule has 1 amide bonds. The van der Waals surface area contributed by atoms with E-state index in [1.807, 2.05) is 6.92 Å². The fourth-order valence-electron chi connectivity index (χ4n) is 1.40. The highest BCUT2D eigenvalue weighted by Crippen LogP contribution is 2.06. The molecule has 0 spiro atoms. The molecule has 18 heavy (non-hydrogen) atoms. The van der Waals surface area contributed by atoms with Gasteiger partial charge in [-0.15, -0.1) is 0 Å². The van der Waals surface area contributed by atoms with Crippen LogP contribution in [-0.2, 0) is 0 Å². The number of hydrogen-bond donors (Lipinski definition) is 2. The average Bonchev–Trinajstić information content (AvgIpc) is 2.34. The summed E-state index contributed by atoms with van der Waals surface area (Å²) in [7, 11) is 0. The summed E-state index contributed by atoms with van der Waals surface area (Å²) in [6.45, 7) is 6.26. The zero-order valence-corrected chi connectivity index (χ0v) is 11.2. The molecule has 0 aliphatic rings. The second kappa shape index (κ2) is 6.79. The number of carbonyl (C=O) groups is 1. The van der Waals surface area contributed by atoms with Crippen LogP contribution in [0.3, 0.4) is 0 Å². The predicted molar refractivity (Wildman–Crippen MR) is 75.5 cm³/mol. The lowest BCUT2D eigenvalue weighted by Gasteiger charge is -2.05. The van der Waals surface area contributed by atoms with Crippen molar-refractivity contribution in [2.75, 3.05) is 5.73 Å². The number of nitrogens with two attached hydrogens (primary N) is 1. The van der Waals surface area contributed by atoms with Crippen molar-refractivity contribution < 1.29 is 4.79 Å². The number of anilines is 1. The number of amides is 1. The molecule has 0 heterocycles. The van der Waals surface area contributed by atoms with E-state index in [1.165, 1.54) is 0 Å². The first-order valence-electron chi connectivity index (χ1n) is 6.18. The van der Waals surface area contributed by atoms with E-state index >= 15 is 0 Å². The van der Waals surface area contributed by atoms with Gasteiger partial charge in [-0.1, -0.05) is 13.8 Å². The number of nitrogens with zero attached hydrogens (tertiary/aromatic N) is 1. The molecule has 98 valence electrons. The van der Waals surface area contributed by atoms with Crippen LogP contribution < -0.4 is 11.2 Å². The summed E-state index contributed by atoms with van der Waals surface area (Å²) in [6.07, 6.45) is 1.98. The Hall–Kier alpha value is -1.84. The van der Waals surface area contributed by atoms with Crippen molar-refractivity contribution in [1.29, 1.82) is 0 Å². The molecule has 0 aromatic heterocycles. The van der Waals surface area contributed by atoms with Crippen molar-refractivity contribution in [3.05, 3.63) is 29.8 Å². The summed E-state index contributed by atoms with van der Waals surface area (Å²) in [4.78, 5) is 11.7. The fraction of sp³-hybridized carbons (Fsp3) is 0.429. The SMILES string of the molecule is CC(CCC(C)C)=NNC(=O)c1ccc(N)cc1. The third kappa shape index (κ3) is 4.99. The van der Waals surface area contributed by atoms with Gasteiger partial charge in [0.05, 0.1) is 0 Å². The zero-order valence-electron chi connectivity index (χ0n) is 11.2. The maximum absolute atomic E-state index is 11.7. The lowest BCUT2D eigenvalue weighted by atomic mass is 10.1. The molecule has 4 heteroatoms. The lowest BCUT2D eigenvalue weighted by Crippen LogP contribution is -2.19. The van der Waals surface area contributed by atoms with E-state index in [1.54, 1.807) is 24.3 Å². The van der Waals surface area contributed by atoms with Crippen molar-refractivity contribution >= 4 is 17.3 Å². The molecule has 0 saturated carbocycles. The van der Waals surface area contributed by atoms with Crippen LogP contribution in [-0.4, -0.2) is 11.6 Å². The first-order valence-corrected chi connectivity index (χ1v) is 6.18. The van der Waals surface area contributed by atoms with Crippen molar-refractivity contribution in [3.8, 4) is 0 Å². The van der Waals surface area contributed by atoms with Crippen molar-refractivity contribution in [2.24, 2.45) is 11.0 Å². The number of hydrogen-bond acceptors (Lipinski definition) is 3. The number of carbonyl (C=O) groups excluding carboxylic acids is 1. The van der Waals surface area contributed by atoms with E-state index in [9.17, 15) is 4.79 Å². The van der Waals surface area contributed by atoms with Crippen molar-refractivity contribution in [3.63, 3.8) is 0 Å². The zero-order chi connectivity index (χ0) is 13.5. The summed E-state index contributed by atoms with van der Waals surface area (Å²) >= 11 is 0. The maximum atomic E-state index is 11.7. The molecule has 0 saturated heterocycles. The lowest BCUT2D eigenvalue weighted by molar-refractivity contribution is 0.0954. The van der Waals surface area contributed by atoms with Gasteiger partial charge in [-0.05, 0) is 49.9 Å². The molecule has 1 aromatic rings. The van der Waals surface area contributed by atoms with E-state index in [2.05, 4.69) is 24.4 Å². The summed E-state index contributed by atoms with van der Waals surface area (Å²) in [5.74, 6) is 0.432. The molecule has 0 aliphatic heterocycles. The molecule has 0 radical (unpaired) electrons. The van der Waals surface area contributed by atoms with E-state index in [0.717, 1.165) is 18.6 Å². The van der Waals surface area contributed by atoms with Crippen LogP contribution in [0.5, 0.6) is 0 Å². The summed E-state index contributed by atoms with van der Waals surface area (Å²) in [6, 6.07) is 6.77. The van der Waals surface area contributed by atoms with Gasteiger partial charge >= 0.3 is 0 Å². The van der Waals surface area contributed by atoms with Crippen molar-refractivity contribution in [2.45, 2.75) is 33.6 Å². The van der Waals surface area contributed by atoms with E-state index < -0.39 is 0 Å². The predicted octanol–water partition coefficient (Wildman–Crippen LogP) is 2.81. The highest BCUT2D eigenvalue weighted by molar-refractivity contribution is 5.95. The van der Waals surface area contributed by atoms with Crippen LogP contribution in [0, 0.1) is 5.92 Å². The minimum absolute atomic E-state index is 0.209. The van der Waals surface area contributed by atoms with Gasteiger partial charge in [0, 0.05) is 17.0 Å². The molecule has 0 atom stereocenters. The molecular weight excluding hydrogens is 226 g/mol. The third-order valence-electron chi connectivity index (χ3n) is 2.60. The highest BCUT2D eigenvalue weighted by Gasteiger charge is 2.04. The summed E-state index contributed by atoms with van der Waals surface area (Å²) in [5.41, 5.74) is 10.2. The number of hydrazone groups is 1. The van der Waals surface area contributed by atoms with Crippen LogP contribution in [0.4, 0.5) is 5.69 Å². The minimum Gasteiger partial charge on any atom is -0.399 e. The normalized spacial score (nSPS) is 11.7. The molecule has 0 unspecified atom stereocenters. The van der Waals surface area contributed by atoms with Crippen LogP contribution in [0.1, 0.15) is 44.0 Å².